The van der Waals surface area contributed by atoms with Crippen LogP contribution in [0.4, 0.5) is 4.39 Å². The van der Waals surface area contributed by atoms with Crippen LogP contribution in [0, 0.1) is 5.82 Å². The minimum atomic E-state index is -0.303. The summed E-state index contributed by atoms with van der Waals surface area (Å²) in [7, 11) is 0. The summed E-state index contributed by atoms with van der Waals surface area (Å²) >= 11 is 0. The van der Waals surface area contributed by atoms with Gasteiger partial charge in [0.2, 0.25) is 0 Å². The largest absolute Gasteiger partial charge is 0.507 e. The Morgan fingerprint density at radius 3 is 2.39 bits per heavy atom. The number of phenols is 1. The van der Waals surface area contributed by atoms with Crippen molar-refractivity contribution in [3.05, 3.63) is 59.9 Å². The van der Waals surface area contributed by atoms with Gasteiger partial charge in [0.1, 0.15) is 23.1 Å². The van der Waals surface area contributed by atoms with Crippen molar-refractivity contribution >= 4 is 6.08 Å². The van der Waals surface area contributed by atoms with E-state index in [0.29, 0.717) is 17.1 Å². The average Bonchev–Trinajstić information content (AvgIpc) is 2.37. The van der Waals surface area contributed by atoms with Crippen molar-refractivity contribution in [2.45, 2.75) is 6.92 Å². The SMILES string of the molecule is CC=Cc1cc(Oc2ccc(F)cc2)ccc1O. The molecule has 2 aromatic rings. The molecule has 0 aliphatic rings. The summed E-state index contributed by atoms with van der Waals surface area (Å²) in [4.78, 5) is 0. The molecule has 0 radical (unpaired) electrons. The molecular formula is C15H13FO2. The van der Waals surface area contributed by atoms with E-state index in [1.807, 2.05) is 13.0 Å². The maximum absolute atomic E-state index is 12.7. The van der Waals surface area contributed by atoms with Crippen molar-refractivity contribution in [1.29, 1.82) is 0 Å². The summed E-state index contributed by atoms with van der Waals surface area (Å²) < 4.78 is 18.3. The first-order chi connectivity index (χ1) is 8.69. The molecule has 2 rings (SSSR count). The van der Waals surface area contributed by atoms with Gasteiger partial charge >= 0.3 is 0 Å². The molecule has 0 spiro atoms. The van der Waals surface area contributed by atoms with Crippen molar-refractivity contribution in [2.75, 3.05) is 0 Å². The lowest BCUT2D eigenvalue weighted by Crippen LogP contribution is -1.85. The zero-order valence-electron chi connectivity index (χ0n) is 9.93. The van der Waals surface area contributed by atoms with Crippen molar-refractivity contribution < 1.29 is 14.2 Å². The number of aromatic hydroxyl groups is 1. The second kappa shape index (κ2) is 5.36. The van der Waals surface area contributed by atoms with Crippen molar-refractivity contribution in [3.63, 3.8) is 0 Å². The van der Waals surface area contributed by atoms with Gasteiger partial charge in [-0.3, -0.25) is 0 Å². The van der Waals surface area contributed by atoms with E-state index in [1.54, 1.807) is 36.4 Å². The lowest BCUT2D eigenvalue weighted by atomic mass is 10.2. The van der Waals surface area contributed by atoms with Gasteiger partial charge in [-0.1, -0.05) is 12.2 Å². The van der Waals surface area contributed by atoms with E-state index in [2.05, 4.69) is 0 Å². The molecule has 0 heterocycles. The Morgan fingerprint density at radius 1 is 1.06 bits per heavy atom. The van der Waals surface area contributed by atoms with Crippen LogP contribution in [0.25, 0.3) is 6.08 Å². The molecule has 2 nitrogen and oxygen atoms in total. The molecule has 2 aromatic carbocycles. The highest BCUT2D eigenvalue weighted by Gasteiger charge is 2.02. The van der Waals surface area contributed by atoms with Crippen LogP contribution in [0.5, 0.6) is 17.2 Å². The lowest BCUT2D eigenvalue weighted by Gasteiger charge is -2.07. The highest BCUT2D eigenvalue weighted by Crippen LogP contribution is 2.27. The number of benzene rings is 2. The van der Waals surface area contributed by atoms with E-state index in [-0.39, 0.29) is 11.6 Å². The van der Waals surface area contributed by atoms with E-state index < -0.39 is 0 Å². The number of rotatable bonds is 3. The lowest BCUT2D eigenvalue weighted by molar-refractivity contribution is 0.462. The van der Waals surface area contributed by atoms with Gasteiger partial charge in [-0.25, -0.2) is 4.39 Å². The number of allylic oxidation sites excluding steroid dienone is 1. The molecule has 0 atom stereocenters. The monoisotopic (exact) mass is 244 g/mol. The highest BCUT2D eigenvalue weighted by atomic mass is 19.1. The molecular weight excluding hydrogens is 231 g/mol. The fourth-order valence-electron chi connectivity index (χ4n) is 1.55. The molecule has 18 heavy (non-hydrogen) atoms. The summed E-state index contributed by atoms with van der Waals surface area (Å²) in [5.41, 5.74) is 0.678. The van der Waals surface area contributed by atoms with Gasteiger partial charge in [0, 0.05) is 5.56 Å². The minimum Gasteiger partial charge on any atom is -0.507 e. The Labute approximate surface area is 105 Å². The van der Waals surface area contributed by atoms with Gasteiger partial charge < -0.3 is 9.84 Å². The standard InChI is InChI=1S/C15H13FO2/c1-2-3-11-10-14(8-9-15(11)17)18-13-6-4-12(16)5-7-13/h2-10,17H,1H3. The molecule has 0 saturated heterocycles. The Bertz CT molecular complexity index is 559. The smallest absolute Gasteiger partial charge is 0.128 e. The van der Waals surface area contributed by atoms with Crippen molar-refractivity contribution in [3.8, 4) is 17.2 Å². The second-order valence-electron chi connectivity index (χ2n) is 3.78. The first-order valence-corrected chi connectivity index (χ1v) is 5.58. The number of phenolic OH excluding ortho intramolecular Hbond substituents is 1. The summed E-state index contributed by atoms with van der Waals surface area (Å²) in [6, 6.07) is 10.7. The first-order valence-electron chi connectivity index (χ1n) is 5.58. The van der Waals surface area contributed by atoms with Crippen molar-refractivity contribution in [1.82, 2.24) is 0 Å². The third-order valence-corrected chi connectivity index (χ3v) is 2.39. The van der Waals surface area contributed by atoms with Gasteiger partial charge in [0.15, 0.2) is 0 Å². The number of ether oxygens (including phenoxy) is 1. The molecule has 92 valence electrons. The Morgan fingerprint density at radius 2 is 1.72 bits per heavy atom. The molecule has 0 bridgehead atoms. The molecule has 1 N–H and O–H groups in total. The Kier molecular flexibility index (Phi) is 3.63. The molecule has 0 amide bonds. The quantitative estimate of drug-likeness (QED) is 0.869. The third-order valence-electron chi connectivity index (χ3n) is 2.39. The predicted molar refractivity (Wildman–Crippen MR) is 69.3 cm³/mol. The second-order valence-corrected chi connectivity index (χ2v) is 3.78. The maximum Gasteiger partial charge on any atom is 0.128 e. The molecule has 3 heteroatoms. The van der Waals surface area contributed by atoms with Crippen LogP contribution in [-0.2, 0) is 0 Å². The van der Waals surface area contributed by atoms with Crippen LogP contribution in [-0.4, -0.2) is 5.11 Å². The zero-order chi connectivity index (χ0) is 13.0. The molecule has 0 saturated carbocycles. The van der Waals surface area contributed by atoms with Crippen LogP contribution in [0.2, 0.25) is 0 Å². The van der Waals surface area contributed by atoms with Gasteiger partial charge in [0.05, 0.1) is 0 Å². The fourth-order valence-corrected chi connectivity index (χ4v) is 1.55. The van der Waals surface area contributed by atoms with E-state index in [9.17, 15) is 9.50 Å². The highest BCUT2D eigenvalue weighted by molar-refractivity contribution is 5.59. The molecule has 0 unspecified atom stereocenters. The Hall–Kier alpha value is -2.29. The van der Waals surface area contributed by atoms with E-state index in [1.165, 1.54) is 12.1 Å². The van der Waals surface area contributed by atoms with Crippen molar-refractivity contribution in [2.24, 2.45) is 0 Å². The van der Waals surface area contributed by atoms with Gasteiger partial charge in [0.25, 0.3) is 0 Å². The zero-order valence-corrected chi connectivity index (χ0v) is 9.93. The Balaban J connectivity index is 2.24. The van der Waals surface area contributed by atoms with Crippen LogP contribution in [0.3, 0.4) is 0 Å². The molecule has 0 aliphatic heterocycles. The third kappa shape index (κ3) is 2.88. The van der Waals surface area contributed by atoms with E-state index in [4.69, 9.17) is 4.74 Å². The normalized spacial score (nSPS) is 10.8. The molecule has 0 aromatic heterocycles. The minimum absolute atomic E-state index is 0.194. The molecule has 0 fully saturated rings. The summed E-state index contributed by atoms with van der Waals surface area (Å²) in [6.07, 6.45) is 3.61. The van der Waals surface area contributed by atoms with Crippen LogP contribution in [0.15, 0.2) is 48.5 Å². The number of hydrogen-bond donors (Lipinski definition) is 1. The predicted octanol–water partition coefficient (Wildman–Crippen LogP) is 4.36. The fraction of sp³-hybridized carbons (Fsp3) is 0.0667. The summed E-state index contributed by atoms with van der Waals surface area (Å²) in [5.74, 6) is 1.03. The topological polar surface area (TPSA) is 29.5 Å². The maximum atomic E-state index is 12.7. The molecule has 0 aliphatic carbocycles. The van der Waals surface area contributed by atoms with Crippen LogP contribution in [0.1, 0.15) is 12.5 Å². The summed E-state index contributed by atoms with van der Waals surface area (Å²) in [6.45, 7) is 1.87. The van der Waals surface area contributed by atoms with Gasteiger partial charge in [-0.15, -0.1) is 0 Å². The first kappa shape index (κ1) is 12.2. The number of halogens is 1. The van der Waals surface area contributed by atoms with Crippen LogP contribution < -0.4 is 4.74 Å². The van der Waals surface area contributed by atoms with E-state index in [0.717, 1.165) is 0 Å². The average molecular weight is 244 g/mol. The van der Waals surface area contributed by atoms with Crippen LogP contribution >= 0.6 is 0 Å². The van der Waals surface area contributed by atoms with E-state index >= 15 is 0 Å². The number of hydrogen-bond acceptors (Lipinski definition) is 2. The van der Waals surface area contributed by atoms with Gasteiger partial charge in [-0.05, 0) is 49.4 Å². The summed E-state index contributed by atoms with van der Waals surface area (Å²) in [5, 5.41) is 9.61. The van der Waals surface area contributed by atoms with Gasteiger partial charge in [-0.2, -0.15) is 0 Å².